The van der Waals surface area contributed by atoms with Crippen LogP contribution in [0.15, 0.2) is 57.2 Å². The molecule has 1 aliphatic heterocycles. The average molecular weight is 566 g/mol. The van der Waals surface area contributed by atoms with E-state index >= 15 is 0 Å². The van der Waals surface area contributed by atoms with Crippen LogP contribution in [0.3, 0.4) is 0 Å². The van der Waals surface area contributed by atoms with Crippen LogP contribution in [0.2, 0.25) is 0 Å². The average Bonchev–Trinajstić information content (AvgIpc) is 3.17. The zero-order chi connectivity index (χ0) is 27.0. The number of methoxy groups -OCH3 is 1. The summed E-state index contributed by atoms with van der Waals surface area (Å²) in [5, 5.41) is 0. The molecule has 200 valence electrons. The van der Waals surface area contributed by atoms with E-state index in [-0.39, 0.29) is 27.2 Å². The number of amides is 1. The Labute approximate surface area is 221 Å². The summed E-state index contributed by atoms with van der Waals surface area (Å²) in [6.45, 7) is 5.87. The van der Waals surface area contributed by atoms with Gasteiger partial charge in [-0.15, -0.1) is 0 Å². The van der Waals surface area contributed by atoms with Crippen LogP contribution < -0.4 is 4.80 Å². The number of thiazole rings is 1. The largest absolute Gasteiger partial charge is 0.383 e. The van der Waals surface area contributed by atoms with Crippen molar-refractivity contribution in [3.8, 4) is 0 Å². The lowest BCUT2D eigenvalue weighted by Gasteiger charge is -2.34. The maximum atomic E-state index is 13.2. The number of ether oxygens (including phenoxy) is 1. The highest BCUT2D eigenvalue weighted by Gasteiger charge is 2.31. The second-order valence-electron chi connectivity index (χ2n) is 9.64. The Morgan fingerprint density at radius 1 is 1.03 bits per heavy atom. The van der Waals surface area contributed by atoms with Crippen molar-refractivity contribution < 1.29 is 26.4 Å². The predicted octanol–water partition coefficient (Wildman–Crippen LogP) is 3.16. The van der Waals surface area contributed by atoms with Gasteiger partial charge in [-0.25, -0.2) is 16.8 Å². The second kappa shape index (κ2) is 10.8. The van der Waals surface area contributed by atoms with Crippen LogP contribution in [0.25, 0.3) is 10.2 Å². The Kier molecular flexibility index (Phi) is 8.05. The van der Waals surface area contributed by atoms with E-state index in [4.69, 9.17) is 4.74 Å². The van der Waals surface area contributed by atoms with Crippen molar-refractivity contribution in [1.29, 1.82) is 0 Å². The summed E-state index contributed by atoms with van der Waals surface area (Å²) in [7, 11) is -5.47. The lowest BCUT2D eigenvalue weighted by Crippen LogP contribution is -2.42. The minimum absolute atomic E-state index is 0.149. The van der Waals surface area contributed by atoms with Crippen LogP contribution in [-0.2, 0) is 31.1 Å². The summed E-state index contributed by atoms with van der Waals surface area (Å²) in [5.74, 6) is 0.0563. The normalized spacial score (nSPS) is 19.9. The Hall–Kier alpha value is -2.38. The van der Waals surface area contributed by atoms with Crippen LogP contribution in [0.1, 0.15) is 30.6 Å². The molecular formula is C25H31N3O6S3. The monoisotopic (exact) mass is 565 g/mol. The molecule has 4 rings (SSSR count). The molecule has 1 saturated heterocycles. The van der Waals surface area contributed by atoms with E-state index in [2.05, 4.69) is 18.8 Å². The topological polar surface area (TPSA) is 115 Å². The zero-order valence-electron chi connectivity index (χ0n) is 21.2. The molecule has 37 heavy (non-hydrogen) atoms. The number of carbonyl (C=O) groups excluding carboxylic acids is 1. The highest BCUT2D eigenvalue weighted by molar-refractivity contribution is 7.90. The number of hydrogen-bond acceptors (Lipinski definition) is 7. The number of sulfone groups is 1. The van der Waals surface area contributed by atoms with Gasteiger partial charge in [0, 0.05) is 38.6 Å². The molecule has 2 unspecified atom stereocenters. The molecule has 0 spiro atoms. The highest BCUT2D eigenvalue weighted by atomic mass is 32.2. The van der Waals surface area contributed by atoms with E-state index in [1.807, 2.05) is 4.57 Å². The number of fused-ring (bicyclic) bond motifs is 1. The smallest absolute Gasteiger partial charge is 0.279 e. The van der Waals surface area contributed by atoms with Gasteiger partial charge < -0.3 is 9.30 Å². The lowest BCUT2D eigenvalue weighted by atomic mass is 9.94. The number of aromatic nitrogens is 1. The van der Waals surface area contributed by atoms with E-state index in [1.54, 1.807) is 19.2 Å². The van der Waals surface area contributed by atoms with Crippen LogP contribution in [-0.4, -0.2) is 64.7 Å². The fourth-order valence-electron chi connectivity index (χ4n) is 4.64. The molecule has 12 heteroatoms. The van der Waals surface area contributed by atoms with Crippen molar-refractivity contribution in [3.05, 3.63) is 52.8 Å². The van der Waals surface area contributed by atoms with Gasteiger partial charge in [0.1, 0.15) is 0 Å². The summed E-state index contributed by atoms with van der Waals surface area (Å²) in [5.41, 5.74) is 0.999. The molecule has 1 amide bonds. The summed E-state index contributed by atoms with van der Waals surface area (Å²) in [4.78, 5) is 18.1. The Morgan fingerprint density at radius 2 is 1.65 bits per heavy atom. The van der Waals surface area contributed by atoms with Crippen molar-refractivity contribution in [2.45, 2.75) is 36.6 Å². The standard InChI is InChI=1S/C25H31N3O6S3/c1-17-13-18(2)16-27(15-17)37(32,33)20-7-5-19(6-8-20)24(29)26-25-28(11-12-34-3)22-10-9-21(36(4,30)31)14-23(22)35-25/h5-10,14,17-18H,11-13,15-16H2,1-4H3. The third-order valence-corrected chi connectivity index (χ3v) is 10.4. The molecule has 2 heterocycles. The van der Waals surface area contributed by atoms with Crippen LogP contribution in [0, 0.1) is 11.8 Å². The highest BCUT2D eigenvalue weighted by Crippen LogP contribution is 2.27. The fraction of sp³-hybridized carbons (Fsp3) is 0.440. The van der Waals surface area contributed by atoms with E-state index in [0.717, 1.165) is 18.2 Å². The molecule has 9 nitrogen and oxygen atoms in total. The molecule has 2 atom stereocenters. The Bertz CT molecular complexity index is 1580. The molecule has 1 aliphatic rings. The van der Waals surface area contributed by atoms with Crippen molar-refractivity contribution in [2.24, 2.45) is 16.8 Å². The number of piperidine rings is 1. The van der Waals surface area contributed by atoms with Crippen molar-refractivity contribution in [1.82, 2.24) is 8.87 Å². The third-order valence-electron chi connectivity index (χ3n) is 6.37. The number of hydrogen-bond donors (Lipinski definition) is 0. The van der Waals surface area contributed by atoms with E-state index in [9.17, 15) is 21.6 Å². The Balaban J connectivity index is 1.66. The second-order valence-corrected chi connectivity index (χ2v) is 14.6. The summed E-state index contributed by atoms with van der Waals surface area (Å²) >= 11 is 1.21. The lowest BCUT2D eigenvalue weighted by molar-refractivity contribution is 0.0997. The summed E-state index contributed by atoms with van der Waals surface area (Å²) in [6.07, 6.45) is 2.14. The minimum Gasteiger partial charge on any atom is -0.383 e. The predicted molar refractivity (Wildman–Crippen MR) is 143 cm³/mol. The molecule has 3 aromatic rings. The first kappa shape index (κ1) is 27.6. The van der Waals surface area contributed by atoms with E-state index in [1.165, 1.54) is 46.0 Å². The number of nitrogens with zero attached hydrogens (tertiary/aromatic N) is 3. The van der Waals surface area contributed by atoms with Crippen molar-refractivity contribution >= 4 is 47.3 Å². The van der Waals surface area contributed by atoms with Crippen LogP contribution >= 0.6 is 11.3 Å². The van der Waals surface area contributed by atoms with Gasteiger partial charge in [-0.2, -0.15) is 9.30 Å². The number of carbonyl (C=O) groups is 1. The molecule has 0 bridgehead atoms. The molecule has 0 N–H and O–H groups in total. The van der Waals surface area contributed by atoms with Gasteiger partial charge in [0.2, 0.25) is 10.0 Å². The van der Waals surface area contributed by atoms with Crippen molar-refractivity contribution in [3.63, 3.8) is 0 Å². The molecular weight excluding hydrogens is 534 g/mol. The summed E-state index contributed by atoms with van der Waals surface area (Å²) in [6, 6.07) is 10.7. The first-order valence-electron chi connectivity index (χ1n) is 11.9. The molecule has 0 aliphatic carbocycles. The first-order valence-corrected chi connectivity index (χ1v) is 16.1. The van der Waals surface area contributed by atoms with Crippen LogP contribution in [0.5, 0.6) is 0 Å². The molecule has 0 saturated carbocycles. The van der Waals surface area contributed by atoms with Gasteiger partial charge in [-0.1, -0.05) is 25.2 Å². The third kappa shape index (κ3) is 6.04. The molecule has 0 radical (unpaired) electrons. The first-order chi connectivity index (χ1) is 17.4. The number of rotatable bonds is 7. The van der Waals surface area contributed by atoms with Crippen molar-refractivity contribution in [2.75, 3.05) is 33.1 Å². The zero-order valence-corrected chi connectivity index (χ0v) is 23.7. The van der Waals surface area contributed by atoms with Gasteiger partial charge in [0.05, 0.1) is 26.6 Å². The Morgan fingerprint density at radius 3 is 2.24 bits per heavy atom. The maximum Gasteiger partial charge on any atom is 0.279 e. The molecule has 1 aromatic heterocycles. The van der Waals surface area contributed by atoms with E-state index in [0.29, 0.717) is 35.7 Å². The minimum atomic E-state index is -3.65. The number of benzene rings is 2. The summed E-state index contributed by atoms with van der Waals surface area (Å²) < 4.78 is 59.5. The van der Waals surface area contributed by atoms with Crippen LogP contribution in [0.4, 0.5) is 0 Å². The van der Waals surface area contributed by atoms with Gasteiger partial charge in [-0.05, 0) is 60.7 Å². The SMILES string of the molecule is COCCn1c(=NC(=O)c2ccc(S(=O)(=O)N3CC(C)CC(C)C3)cc2)sc2cc(S(C)(=O)=O)ccc21. The quantitative estimate of drug-likeness (QED) is 0.435. The van der Waals surface area contributed by atoms with Gasteiger partial charge >= 0.3 is 0 Å². The number of sulfonamides is 1. The van der Waals surface area contributed by atoms with Gasteiger partial charge in [0.15, 0.2) is 14.6 Å². The van der Waals surface area contributed by atoms with Gasteiger partial charge in [-0.3, -0.25) is 4.79 Å². The maximum absolute atomic E-state index is 13.2. The molecule has 2 aromatic carbocycles. The fourth-order valence-corrected chi connectivity index (χ4v) is 8.14. The van der Waals surface area contributed by atoms with Gasteiger partial charge in [0.25, 0.3) is 5.91 Å². The van der Waals surface area contributed by atoms with E-state index < -0.39 is 25.8 Å². The molecule has 1 fully saturated rings.